The summed E-state index contributed by atoms with van der Waals surface area (Å²) in [5.74, 6) is -0.383. The fourth-order valence-electron chi connectivity index (χ4n) is 2.04. The molecule has 4 N–H and O–H groups in total. The van der Waals surface area contributed by atoms with Crippen molar-refractivity contribution >= 4 is 23.0 Å². The predicted octanol–water partition coefficient (Wildman–Crippen LogP) is 0.605. The van der Waals surface area contributed by atoms with Gasteiger partial charge in [0.15, 0.2) is 17.5 Å². The average Bonchev–Trinajstić information content (AvgIpc) is 2.75. The molecular weight excluding hydrogens is 257 g/mol. The molecule has 1 aromatic rings. The van der Waals surface area contributed by atoms with E-state index in [9.17, 15) is 4.39 Å². The van der Waals surface area contributed by atoms with Gasteiger partial charge in [0.1, 0.15) is 6.17 Å². The summed E-state index contributed by atoms with van der Waals surface area (Å²) in [7, 11) is 0. The maximum Gasteiger partial charge on any atom is 0.183 e. The zero-order valence-corrected chi connectivity index (χ0v) is 10.1. The summed E-state index contributed by atoms with van der Waals surface area (Å²) in [6.45, 7) is 0.691. The van der Waals surface area contributed by atoms with Crippen molar-refractivity contribution in [1.82, 2.24) is 20.6 Å². The number of anilines is 1. The number of aromatic nitrogens is 2. The Bertz CT molecular complexity index is 556. The predicted molar refractivity (Wildman–Crippen MR) is 67.0 cm³/mol. The van der Waals surface area contributed by atoms with Crippen LogP contribution in [0.2, 0.25) is 0 Å². The minimum atomic E-state index is -0.618. The first-order valence-corrected chi connectivity index (χ1v) is 5.93. The van der Waals surface area contributed by atoms with Crippen molar-refractivity contribution < 1.29 is 4.39 Å². The van der Waals surface area contributed by atoms with Gasteiger partial charge in [0.25, 0.3) is 0 Å². The molecule has 0 radical (unpaired) electrons. The fraction of sp³-hybridized carbons (Fsp3) is 0.273. The van der Waals surface area contributed by atoms with Gasteiger partial charge in [-0.15, -0.1) is 11.6 Å². The molecule has 2 aliphatic heterocycles. The summed E-state index contributed by atoms with van der Waals surface area (Å²) >= 11 is 6.07. The molecule has 3 rings (SSSR count). The minimum absolute atomic E-state index is 0.00452. The van der Waals surface area contributed by atoms with Gasteiger partial charge < -0.3 is 11.1 Å². The molecular formula is C11H11ClFN5. The Morgan fingerprint density at radius 2 is 2.33 bits per heavy atom. The maximum atomic E-state index is 13.0. The number of hydrogen-bond acceptors (Lipinski definition) is 5. The number of hydrogen-bond donors (Lipinski definition) is 3. The smallest absolute Gasteiger partial charge is 0.183 e. The van der Waals surface area contributed by atoms with E-state index in [-0.39, 0.29) is 17.4 Å². The Morgan fingerprint density at radius 3 is 3.11 bits per heavy atom. The lowest BCUT2D eigenvalue weighted by Crippen LogP contribution is -2.44. The highest BCUT2D eigenvalue weighted by atomic mass is 35.5. The standard InChI is InChI=1S/C11H11ClFN5/c12-5-1-6-7(3-16-10(6)15-2-5)11-17-4-8(13)9(14)18-11/h1,3-5,10,15-16H,2H2,(H2,14,17,18). The third-order valence-corrected chi connectivity index (χ3v) is 3.19. The van der Waals surface area contributed by atoms with Crippen molar-refractivity contribution in [2.75, 3.05) is 12.3 Å². The molecule has 94 valence electrons. The molecule has 1 aromatic heterocycles. The number of fused-ring (bicyclic) bond motifs is 1. The number of halogens is 2. The van der Waals surface area contributed by atoms with E-state index >= 15 is 0 Å². The van der Waals surface area contributed by atoms with Gasteiger partial charge in [0.2, 0.25) is 0 Å². The lowest BCUT2D eigenvalue weighted by molar-refractivity contribution is 0.537. The van der Waals surface area contributed by atoms with Crippen molar-refractivity contribution in [1.29, 1.82) is 0 Å². The first-order valence-electron chi connectivity index (χ1n) is 5.49. The molecule has 0 bridgehead atoms. The van der Waals surface area contributed by atoms with Gasteiger partial charge >= 0.3 is 0 Å². The zero-order chi connectivity index (χ0) is 12.7. The van der Waals surface area contributed by atoms with Crippen LogP contribution in [0.3, 0.4) is 0 Å². The number of nitrogens with zero attached hydrogens (tertiary/aromatic N) is 2. The van der Waals surface area contributed by atoms with Crippen molar-refractivity contribution in [3.8, 4) is 0 Å². The van der Waals surface area contributed by atoms with Crippen LogP contribution in [0.4, 0.5) is 10.2 Å². The van der Waals surface area contributed by atoms with Gasteiger partial charge in [-0.3, -0.25) is 5.32 Å². The topological polar surface area (TPSA) is 75.9 Å². The third kappa shape index (κ3) is 1.83. The number of rotatable bonds is 1. The molecule has 2 aliphatic rings. The van der Waals surface area contributed by atoms with Crippen LogP contribution < -0.4 is 16.4 Å². The van der Waals surface area contributed by atoms with Gasteiger partial charge in [0.05, 0.1) is 11.6 Å². The molecule has 7 heteroatoms. The summed E-state index contributed by atoms with van der Waals surface area (Å²) in [6.07, 6.45) is 4.80. The molecule has 0 amide bonds. The van der Waals surface area contributed by atoms with E-state index in [1.54, 1.807) is 6.20 Å². The second-order valence-corrected chi connectivity index (χ2v) is 4.69. The van der Waals surface area contributed by atoms with Gasteiger partial charge in [-0.25, -0.2) is 14.4 Å². The summed E-state index contributed by atoms with van der Waals surface area (Å²) < 4.78 is 13.0. The lowest BCUT2D eigenvalue weighted by atomic mass is 10.0. The van der Waals surface area contributed by atoms with Crippen molar-refractivity contribution in [2.45, 2.75) is 11.5 Å². The first-order chi connectivity index (χ1) is 8.65. The van der Waals surface area contributed by atoms with Gasteiger partial charge in [-0.2, -0.15) is 0 Å². The number of nitrogen functional groups attached to an aromatic ring is 1. The highest BCUT2D eigenvalue weighted by Crippen LogP contribution is 2.30. The lowest BCUT2D eigenvalue weighted by Gasteiger charge is -2.23. The van der Waals surface area contributed by atoms with Crippen LogP contribution >= 0.6 is 11.6 Å². The van der Waals surface area contributed by atoms with Crippen LogP contribution in [-0.2, 0) is 0 Å². The van der Waals surface area contributed by atoms with E-state index in [1.807, 2.05) is 6.08 Å². The number of alkyl halides is 1. The molecule has 0 fully saturated rings. The Hall–Kier alpha value is -1.66. The van der Waals surface area contributed by atoms with Crippen molar-refractivity contribution in [2.24, 2.45) is 0 Å². The molecule has 18 heavy (non-hydrogen) atoms. The number of nitrogens with two attached hydrogens (primary N) is 1. The Labute approximate surface area is 108 Å². The van der Waals surface area contributed by atoms with Gasteiger partial charge in [-0.1, -0.05) is 6.08 Å². The van der Waals surface area contributed by atoms with Crippen molar-refractivity contribution in [3.63, 3.8) is 0 Å². The van der Waals surface area contributed by atoms with Crippen molar-refractivity contribution in [3.05, 3.63) is 35.7 Å². The van der Waals surface area contributed by atoms with Gasteiger partial charge in [0, 0.05) is 18.3 Å². The summed E-state index contributed by atoms with van der Waals surface area (Å²) in [6, 6.07) is 0. The fourth-order valence-corrected chi connectivity index (χ4v) is 2.26. The quantitative estimate of drug-likeness (QED) is 0.650. The summed E-state index contributed by atoms with van der Waals surface area (Å²) in [4.78, 5) is 7.89. The molecule has 5 nitrogen and oxygen atoms in total. The number of nitrogens with one attached hydrogen (secondary N) is 2. The van der Waals surface area contributed by atoms with Crippen LogP contribution in [0.1, 0.15) is 5.82 Å². The molecule has 3 heterocycles. The monoisotopic (exact) mass is 267 g/mol. The van der Waals surface area contributed by atoms with E-state index < -0.39 is 5.82 Å². The molecule has 0 saturated heterocycles. The van der Waals surface area contributed by atoms with E-state index in [0.29, 0.717) is 12.4 Å². The van der Waals surface area contributed by atoms with Crippen LogP contribution in [0, 0.1) is 5.82 Å². The maximum absolute atomic E-state index is 13.0. The highest BCUT2D eigenvalue weighted by Gasteiger charge is 2.29. The molecule has 2 atom stereocenters. The molecule has 0 aliphatic carbocycles. The molecule has 0 saturated carbocycles. The van der Waals surface area contributed by atoms with E-state index in [4.69, 9.17) is 17.3 Å². The first kappa shape index (κ1) is 11.4. The normalized spacial score (nSPS) is 26.1. The Balaban J connectivity index is 1.99. The average molecular weight is 268 g/mol. The molecule has 2 unspecified atom stereocenters. The third-order valence-electron chi connectivity index (χ3n) is 2.91. The van der Waals surface area contributed by atoms with E-state index in [0.717, 1.165) is 17.3 Å². The van der Waals surface area contributed by atoms with Crippen LogP contribution in [-0.4, -0.2) is 28.1 Å². The largest absolute Gasteiger partial charge is 0.381 e. The zero-order valence-electron chi connectivity index (χ0n) is 9.32. The minimum Gasteiger partial charge on any atom is -0.381 e. The second-order valence-electron chi connectivity index (χ2n) is 4.13. The van der Waals surface area contributed by atoms with Gasteiger partial charge in [-0.05, 0) is 5.57 Å². The Morgan fingerprint density at radius 1 is 1.50 bits per heavy atom. The van der Waals surface area contributed by atoms with Crippen LogP contribution in [0.15, 0.2) is 24.0 Å². The molecule has 0 aromatic carbocycles. The SMILES string of the molecule is Nc1nc(C2=CNC3NCC(Cl)C=C23)ncc1F. The second kappa shape index (κ2) is 4.22. The summed E-state index contributed by atoms with van der Waals surface area (Å²) in [5.41, 5.74) is 7.20. The highest BCUT2D eigenvalue weighted by molar-refractivity contribution is 6.22. The van der Waals surface area contributed by atoms with E-state index in [2.05, 4.69) is 20.6 Å². The van der Waals surface area contributed by atoms with Crippen LogP contribution in [0.25, 0.3) is 5.57 Å². The van der Waals surface area contributed by atoms with Crippen LogP contribution in [0.5, 0.6) is 0 Å². The Kier molecular flexibility index (Phi) is 2.68. The summed E-state index contributed by atoms with van der Waals surface area (Å²) in [5, 5.41) is 6.29. The molecule has 0 spiro atoms. The van der Waals surface area contributed by atoms with E-state index in [1.165, 1.54) is 0 Å².